The summed E-state index contributed by atoms with van der Waals surface area (Å²) in [5.74, 6) is -0.169. The van der Waals surface area contributed by atoms with E-state index in [0.29, 0.717) is 29.1 Å². The molecule has 28 heavy (non-hydrogen) atoms. The van der Waals surface area contributed by atoms with Crippen LogP contribution in [0.1, 0.15) is 22.8 Å². The number of halogens is 1. The number of carbonyl (C=O) groups is 2. The molecule has 0 saturated carbocycles. The number of nitrogens with zero attached hydrogens (tertiary/aromatic N) is 1. The normalized spacial score (nSPS) is 10.4. The summed E-state index contributed by atoms with van der Waals surface area (Å²) in [5, 5.41) is 0. The van der Waals surface area contributed by atoms with Crippen molar-refractivity contribution in [1.29, 1.82) is 0 Å². The van der Waals surface area contributed by atoms with Gasteiger partial charge in [-0.3, -0.25) is 9.59 Å². The highest BCUT2D eigenvalue weighted by atomic mass is 19.1. The Balaban J connectivity index is 1.62. The Hall–Kier alpha value is -3.47. The highest BCUT2D eigenvalue weighted by Crippen LogP contribution is 2.18. The summed E-state index contributed by atoms with van der Waals surface area (Å²) in [7, 11) is 0. The summed E-state index contributed by atoms with van der Waals surface area (Å²) in [6, 6.07) is 21.4. The first-order chi connectivity index (χ1) is 13.6. The highest BCUT2D eigenvalue weighted by molar-refractivity contribution is 6.09. The molecule has 3 aromatic rings. The lowest BCUT2D eigenvalue weighted by atomic mass is 10.0. The van der Waals surface area contributed by atoms with E-state index in [1.807, 2.05) is 25.1 Å². The molecular formula is C23H20FNO3. The summed E-state index contributed by atoms with van der Waals surface area (Å²) >= 11 is 0. The standard InChI is InChI=1S/C23H20FNO3/c1-2-25(20-12-10-19(24)11-13-20)22(26)16-28-21-14-8-18(9-15-21)23(27)17-6-4-3-5-7-17/h3-15H,2,16H2,1H3. The molecule has 0 aromatic heterocycles. The quantitative estimate of drug-likeness (QED) is 0.570. The van der Waals surface area contributed by atoms with E-state index in [1.54, 1.807) is 48.5 Å². The SMILES string of the molecule is CCN(C(=O)COc1ccc(C(=O)c2ccccc2)cc1)c1ccc(F)cc1. The third-order valence-electron chi connectivity index (χ3n) is 4.27. The maximum Gasteiger partial charge on any atom is 0.264 e. The Kier molecular flexibility index (Phi) is 6.17. The fraction of sp³-hybridized carbons (Fsp3) is 0.130. The van der Waals surface area contributed by atoms with Gasteiger partial charge in [0.05, 0.1) is 0 Å². The zero-order valence-corrected chi connectivity index (χ0v) is 15.5. The second-order valence-corrected chi connectivity index (χ2v) is 6.12. The first kappa shape index (κ1) is 19.3. The summed E-state index contributed by atoms with van der Waals surface area (Å²) in [6.07, 6.45) is 0. The fourth-order valence-electron chi connectivity index (χ4n) is 2.81. The predicted molar refractivity (Wildman–Crippen MR) is 106 cm³/mol. The van der Waals surface area contributed by atoms with Crippen LogP contribution in [0, 0.1) is 5.82 Å². The van der Waals surface area contributed by atoms with Crippen molar-refractivity contribution in [1.82, 2.24) is 0 Å². The number of ether oxygens (including phenoxy) is 1. The Morgan fingerprint density at radius 1 is 0.857 bits per heavy atom. The molecule has 0 aliphatic carbocycles. The molecule has 0 N–H and O–H groups in total. The molecule has 0 fully saturated rings. The average Bonchev–Trinajstić information content (AvgIpc) is 2.74. The Morgan fingerprint density at radius 2 is 1.46 bits per heavy atom. The Morgan fingerprint density at radius 3 is 2.07 bits per heavy atom. The third-order valence-corrected chi connectivity index (χ3v) is 4.27. The van der Waals surface area contributed by atoms with Gasteiger partial charge in [-0.05, 0) is 55.5 Å². The lowest BCUT2D eigenvalue weighted by Gasteiger charge is -2.21. The lowest BCUT2D eigenvalue weighted by molar-refractivity contribution is -0.120. The van der Waals surface area contributed by atoms with Gasteiger partial charge in [-0.2, -0.15) is 0 Å². The second kappa shape index (κ2) is 8.95. The zero-order chi connectivity index (χ0) is 19.9. The number of benzene rings is 3. The number of amides is 1. The molecule has 0 heterocycles. The van der Waals surface area contributed by atoms with Crippen LogP contribution in [0.3, 0.4) is 0 Å². The van der Waals surface area contributed by atoms with E-state index < -0.39 is 0 Å². The minimum absolute atomic E-state index is 0.0725. The van der Waals surface area contributed by atoms with Crippen molar-refractivity contribution in [2.45, 2.75) is 6.92 Å². The smallest absolute Gasteiger partial charge is 0.264 e. The maximum absolute atomic E-state index is 13.1. The molecule has 0 aliphatic heterocycles. The number of anilines is 1. The molecular weight excluding hydrogens is 357 g/mol. The number of carbonyl (C=O) groups excluding carboxylic acids is 2. The maximum atomic E-state index is 13.1. The van der Waals surface area contributed by atoms with Gasteiger partial charge in [0, 0.05) is 23.4 Å². The molecule has 0 aliphatic rings. The van der Waals surface area contributed by atoms with Crippen molar-refractivity contribution in [3.63, 3.8) is 0 Å². The van der Waals surface area contributed by atoms with E-state index in [2.05, 4.69) is 0 Å². The number of ketones is 1. The molecule has 0 radical (unpaired) electrons. The van der Waals surface area contributed by atoms with Crippen LogP contribution in [0.2, 0.25) is 0 Å². The first-order valence-electron chi connectivity index (χ1n) is 8.97. The van der Waals surface area contributed by atoms with Crippen molar-refractivity contribution in [2.24, 2.45) is 0 Å². The van der Waals surface area contributed by atoms with E-state index in [0.717, 1.165) is 0 Å². The van der Waals surface area contributed by atoms with Crippen LogP contribution in [0.5, 0.6) is 5.75 Å². The molecule has 142 valence electrons. The van der Waals surface area contributed by atoms with Gasteiger partial charge in [-0.15, -0.1) is 0 Å². The van der Waals surface area contributed by atoms with E-state index in [4.69, 9.17) is 4.74 Å². The monoisotopic (exact) mass is 377 g/mol. The van der Waals surface area contributed by atoms with Crippen LogP contribution >= 0.6 is 0 Å². The van der Waals surface area contributed by atoms with Crippen LogP contribution in [0.15, 0.2) is 78.9 Å². The molecule has 0 saturated heterocycles. The van der Waals surface area contributed by atoms with Crippen molar-refractivity contribution in [3.8, 4) is 5.75 Å². The number of likely N-dealkylation sites (N-methyl/N-ethyl adjacent to an activating group) is 1. The predicted octanol–water partition coefficient (Wildman–Crippen LogP) is 4.49. The minimum atomic E-state index is -0.353. The third kappa shape index (κ3) is 4.62. The second-order valence-electron chi connectivity index (χ2n) is 6.12. The minimum Gasteiger partial charge on any atom is -0.484 e. The largest absolute Gasteiger partial charge is 0.484 e. The number of rotatable bonds is 7. The van der Waals surface area contributed by atoms with Gasteiger partial charge >= 0.3 is 0 Å². The van der Waals surface area contributed by atoms with Gasteiger partial charge in [0.1, 0.15) is 11.6 Å². The van der Waals surface area contributed by atoms with E-state index in [-0.39, 0.29) is 24.1 Å². The van der Waals surface area contributed by atoms with Crippen LogP contribution in [-0.2, 0) is 4.79 Å². The molecule has 0 bridgehead atoms. The fourth-order valence-corrected chi connectivity index (χ4v) is 2.81. The van der Waals surface area contributed by atoms with Gasteiger partial charge in [0.2, 0.25) is 0 Å². The van der Waals surface area contributed by atoms with Crippen LogP contribution in [-0.4, -0.2) is 24.8 Å². The number of hydrogen-bond acceptors (Lipinski definition) is 3. The van der Waals surface area contributed by atoms with Gasteiger partial charge in [0.15, 0.2) is 12.4 Å². The van der Waals surface area contributed by atoms with Crippen LogP contribution < -0.4 is 9.64 Å². The Labute approximate surface area is 163 Å². The van der Waals surface area contributed by atoms with E-state index in [1.165, 1.54) is 17.0 Å². The molecule has 1 amide bonds. The molecule has 0 spiro atoms. The van der Waals surface area contributed by atoms with Gasteiger partial charge in [-0.25, -0.2) is 4.39 Å². The summed E-state index contributed by atoms with van der Waals surface area (Å²) in [6.45, 7) is 2.13. The van der Waals surface area contributed by atoms with Gasteiger partial charge in [0.25, 0.3) is 5.91 Å². The molecule has 0 atom stereocenters. The van der Waals surface area contributed by atoms with E-state index in [9.17, 15) is 14.0 Å². The van der Waals surface area contributed by atoms with Crippen molar-refractivity contribution < 1.29 is 18.7 Å². The lowest BCUT2D eigenvalue weighted by Crippen LogP contribution is -2.34. The topological polar surface area (TPSA) is 46.6 Å². The van der Waals surface area contributed by atoms with Crippen molar-refractivity contribution >= 4 is 17.4 Å². The molecule has 5 heteroatoms. The van der Waals surface area contributed by atoms with E-state index >= 15 is 0 Å². The number of hydrogen-bond donors (Lipinski definition) is 0. The van der Waals surface area contributed by atoms with Gasteiger partial charge in [-0.1, -0.05) is 30.3 Å². The van der Waals surface area contributed by atoms with Gasteiger partial charge < -0.3 is 9.64 Å². The Bertz CT molecular complexity index is 938. The zero-order valence-electron chi connectivity index (χ0n) is 15.5. The highest BCUT2D eigenvalue weighted by Gasteiger charge is 2.15. The molecule has 3 aromatic carbocycles. The van der Waals surface area contributed by atoms with Crippen molar-refractivity contribution in [3.05, 3.63) is 95.8 Å². The van der Waals surface area contributed by atoms with Crippen molar-refractivity contribution in [2.75, 3.05) is 18.1 Å². The van der Waals surface area contributed by atoms with Crippen LogP contribution in [0.25, 0.3) is 0 Å². The molecule has 3 rings (SSSR count). The van der Waals surface area contributed by atoms with Crippen LogP contribution in [0.4, 0.5) is 10.1 Å². The summed E-state index contributed by atoms with van der Waals surface area (Å²) < 4.78 is 18.6. The average molecular weight is 377 g/mol. The first-order valence-corrected chi connectivity index (χ1v) is 8.97. The molecule has 4 nitrogen and oxygen atoms in total. The summed E-state index contributed by atoms with van der Waals surface area (Å²) in [4.78, 5) is 26.4. The summed E-state index contributed by atoms with van der Waals surface area (Å²) in [5.41, 5.74) is 1.77. The molecule has 0 unspecified atom stereocenters.